The van der Waals surface area contributed by atoms with Crippen LogP contribution in [0.3, 0.4) is 0 Å². The zero-order valence-electron chi connectivity index (χ0n) is 10.4. The summed E-state index contributed by atoms with van der Waals surface area (Å²) in [6, 6.07) is 10.8. The van der Waals surface area contributed by atoms with E-state index in [2.05, 4.69) is 22.5 Å². The number of rotatable bonds is 5. The van der Waals surface area contributed by atoms with E-state index >= 15 is 0 Å². The van der Waals surface area contributed by atoms with Gasteiger partial charge in [0.25, 0.3) is 0 Å². The van der Waals surface area contributed by atoms with Crippen LogP contribution in [0.25, 0.3) is 0 Å². The van der Waals surface area contributed by atoms with Crippen LogP contribution < -0.4 is 10.6 Å². The number of aromatic nitrogens is 1. The average molecular weight is 243 g/mol. The van der Waals surface area contributed by atoms with Crippen LogP contribution in [0.5, 0.6) is 5.75 Å². The molecule has 4 heteroatoms. The number of nitrogens with zero attached hydrogens (tertiary/aromatic N) is 1. The van der Waals surface area contributed by atoms with Crippen LogP contribution in [0.1, 0.15) is 13.3 Å². The van der Waals surface area contributed by atoms with E-state index in [1.807, 2.05) is 24.3 Å². The van der Waals surface area contributed by atoms with E-state index in [9.17, 15) is 5.11 Å². The van der Waals surface area contributed by atoms with Crippen LogP contribution in [-0.2, 0) is 0 Å². The summed E-state index contributed by atoms with van der Waals surface area (Å²) in [7, 11) is 0. The molecule has 0 aliphatic rings. The third-order valence-corrected chi connectivity index (χ3v) is 2.50. The minimum atomic E-state index is 0.255. The highest BCUT2D eigenvalue weighted by atomic mass is 16.3. The van der Waals surface area contributed by atoms with Gasteiger partial charge < -0.3 is 15.7 Å². The van der Waals surface area contributed by atoms with Gasteiger partial charge in [0.15, 0.2) is 5.82 Å². The largest absolute Gasteiger partial charge is 0.508 e. The Hall–Kier alpha value is -2.23. The molecule has 2 aromatic rings. The van der Waals surface area contributed by atoms with Crippen molar-refractivity contribution in [2.75, 3.05) is 17.2 Å². The standard InChI is InChI=1S/C14H17N3O/c1-2-9-15-13-4-3-10-16-14(13)17-11-5-7-12(18)8-6-11/h3-8,10,15,18H,2,9H2,1H3,(H,16,17). The SMILES string of the molecule is CCCNc1cccnc1Nc1ccc(O)cc1. The van der Waals surface area contributed by atoms with Gasteiger partial charge in [-0.3, -0.25) is 0 Å². The third kappa shape index (κ3) is 3.13. The summed E-state index contributed by atoms with van der Waals surface area (Å²) in [5, 5.41) is 15.8. The molecule has 0 saturated carbocycles. The number of phenols is 1. The van der Waals surface area contributed by atoms with E-state index < -0.39 is 0 Å². The Morgan fingerprint density at radius 3 is 2.67 bits per heavy atom. The molecule has 4 nitrogen and oxygen atoms in total. The second kappa shape index (κ2) is 5.91. The summed E-state index contributed by atoms with van der Waals surface area (Å²) in [6.07, 6.45) is 2.81. The highest BCUT2D eigenvalue weighted by Crippen LogP contribution is 2.23. The topological polar surface area (TPSA) is 57.2 Å². The second-order valence-corrected chi connectivity index (χ2v) is 4.00. The zero-order chi connectivity index (χ0) is 12.8. The number of benzene rings is 1. The van der Waals surface area contributed by atoms with E-state index in [4.69, 9.17) is 0 Å². The van der Waals surface area contributed by atoms with Gasteiger partial charge in [0, 0.05) is 18.4 Å². The van der Waals surface area contributed by atoms with Crippen molar-refractivity contribution < 1.29 is 5.11 Å². The number of nitrogens with one attached hydrogen (secondary N) is 2. The predicted octanol–water partition coefficient (Wildman–Crippen LogP) is 3.35. The zero-order valence-corrected chi connectivity index (χ0v) is 10.4. The number of hydrogen-bond donors (Lipinski definition) is 3. The summed E-state index contributed by atoms with van der Waals surface area (Å²) in [4.78, 5) is 4.31. The first-order valence-electron chi connectivity index (χ1n) is 6.04. The molecule has 0 radical (unpaired) electrons. The molecule has 2 rings (SSSR count). The van der Waals surface area contributed by atoms with Gasteiger partial charge in [-0.15, -0.1) is 0 Å². The maximum Gasteiger partial charge on any atom is 0.153 e. The Bertz CT molecular complexity index is 497. The van der Waals surface area contributed by atoms with Crippen molar-refractivity contribution in [1.82, 2.24) is 4.98 Å². The highest BCUT2D eigenvalue weighted by Gasteiger charge is 2.02. The monoisotopic (exact) mass is 243 g/mol. The molecule has 94 valence electrons. The molecule has 0 unspecified atom stereocenters. The van der Waals surface area contributed by atoms with Crippen molar-refractivity contribution >= 4 is 17.2 Å². The minimum Gasteiger partial charge on any atom is -0.508 e. The summed E-state index contributed by atoms with van der Waals surface area (Å²) in [6.45, 7) is 3.03. The average Bonchev–Trinajstić information content (AvgIpc) is 2.40. The number of phenolic OH excluding ortho intramolecular Hbond substituents is 1. The summed E-state index contributed by atoms with van der Waals surface area (Å²) in [5.41, 5.74) is 1.87. The lowest BCUT2D eigenvalue weighted by Crippen LogP contribution is -2.04. The maximum absolute atomic E-state index is 9.24. The molecular formula is C14H17N3O. The van der Waals surface area contributed by atoms with Crippen molar-refractivity contribution in [3.05, 3.63) is 42.6 Å². The maximum atomic E-state index is 9.24. The molecule has 0 aliphatic carbocycles. The summed E-state index contributed by atoms with van der Waals surface area (Å²) >= 11 is 0. The van der Waals surface area contributed by atoms with Gasteiger partial charge in [-0.05, 0) is 42.8 Å². The van der Waals surface area contributed by atoms with Gasteiger partial charge in [-0.2, -0.15) is 0 Å². The molecule has 0 spiro atoms. The van der Waals surface area contributed by atoms with Gasteiger partial charge in [-0.25, -0.2) is 4.98 Å². The molecule has 1 aromatic carbocycles. The number of aromatic hydroxyl groups is 1. The lowest BCUT2D eigenvalue weighted by molar-refractivity contribution is 0.475. The molecule has 1 heterocycles. The van der Waals surface area contributed by atoms with E-state index in [1.165, 1.54) is 0 Å². The molecular weight excluding hydrogens is 226 g/mol. The lowest BCUT2D eigenvalue weighted by atomic mass is 10.3. The van der Waals surface area contributed by atoms with Crippen molar-refractivity contribution in [1.29, 1.82) is 0 Å². The van der Waals surface area contributed by atoms with Gasteiger partial charge in [0.2, 0.25) is 0 Å². The van der Waals surface area contributed by atoms with Crippen LogP contribution in [-0.4, -0.2) is 16.6 Å². The molecule has 0 bridgehead atoms. The first-order chi connectivity index (χ1) is 8.79. The van der Waals surface area contributed by atoms with Crippen LogP contribution in [0, 0.1) is 0 Å². The molecule has 1 aromatic heterocycles. The third-order valence-electron chi connectivity index (χ3n) is 2.50. The van der Waals surface area contributed by atoms with Gasteiger partial charge in [0.05, 0.1) is 5.69 Å². The Balaban J connectivity index is 2.15. The van der Waals surface area contributed by atoms with E-state index in [0.29, 0.717) is 0 Å². The highest BCUT2D eigenvalue weighted by molar-refractivity contribution is 5.70. The van der Waals surface area contributed by atoms with Gasteiger partial charge >= 0.3 is 0 Å². The van der Waals surface area contributed by atoms with Gasteiger partial charge in [0.1, 0.15) is 5.75 Å². The number of anilines is 3. The Morgan fingerprint density at radius 1 is 1.17 bits per heavy atom. The van der Waals surface area contributed by atoms with E-state index in [0.717, 1.165) is 30.2 Å². The molecule has 0 aliphatic heterocycles. The molecule has 3 N–H and O–H groups in total. The number of hydrogen-bond acceptors (Lipinski definition) is 4. The second-order valence-electron chi connectivity index (χ2n) is 4.00. The lowest BCUT2D eigenvalue weighted by Gasteiger charge is -2.12. The quantitative estimate of drug-likeness (QED) is 0.705. The fraction of sp³-hybridized carbons (Fsp3) is 0.214. The van der Waals surface area contributed by atoms with Crippen LogP contribution in [0.4, 0.5) is 17.2 Å². The molecule has 0 amide bonds. The Labute approximate surface area is 107 Å². The van der Waals surface area contributed by atoms with Crippen molar-refractivity contribution in [2.24, 2.45) is 0 Å². The van der Waals surface area contributed by atoms with E-state index in [1.54, 1.807) is 18.3 Å². The fourth-order valence-corrected chi connectivity index (χ4v) is 1.59. The van der Waals surface area contributed by atoms with Gasteiger partial charge in [-0.1, -0.05) is 6.92 Å². The Morgan fingerprint density at radius 2 is 1.94 bits per heavy atom. The number of pyridine rings is 1. The fourth-order valence-electron chi connectivity index (χ4n) is 1.59. The first kappa shape index (κ1) is 12.2. The minimum absolute atomic E-state index is 0.255. The molecule has 0 fully saturated rings. The predicted molar refractivity (Wildman–Crippen MR) is 74.4 cm³/mol. The molecule has 0 saturated heterocycles. The van der Waals surface area contributed by atoms with Crippen LogP contribution >= 0.6 is 0 Å². The molecule has 0 atom stereocenters. The Kier molecular flexibility index (Phi) is 4.02. The van der Waals surface area contributed by atoms with Crippen molar-refractivity contribution in [3.63, 3.8) is 0 Å². The first-order valence-corrected chi connectivity index (χ1v) is 6.04. The van der Waals surface area contributed by atoms with Crippen LogP contribution in [0.15, 0.2) is 42.6 Å². The van der Waals surface area contributed by atoms with Crippen molar-refractivity contribution in [3.8, 4) is 5.75 Å². The molecule has 18 heavy (non-hydrogen) atoms. The summed E-state index contributed by atoms with van der Waals surface area (Å²) < 4.78 is 0. The summed E-state index contributed by atoms with van der Waals surface area (Å²) in [5.74, 6) is 1.04. The van der Waals surface area contributed by atoms with Crippen LogP contribution in [0.2, 0.25) is 0 Å². The normalized spacial score (nSPS) is 10.1. The van der Waals surface area contributed by atoms with Crippen molar-refractivity contribution in [2.45, 2.75) is 13.3 Å². The van der Waals surface area contributed by atoms with E-state index in [-0.39, 0.29) is 5.75 Å². The smallest absolute Gasteiger partial charge is 0.153 e.